The van der Waals surface area contributed by atoms with Crippen LogP contribution in [0.4, 0.5) is 4.79 Å². The molecule has 5 heterocycles. The van der Waals surface area contributed by atoms with Crippen LogP contribution < -0.4 is 5.56 Å². The first-order valence-corrected chi connectivity index (χ1v) is 14.0. The van der Waals surface area contributed by atoms with Crippen molar-refractivity contribution in [3.8, 4) is 33.5 Å². The highest BCUT2D eigenvalue weighted by Gasteiger charge is 2.35. The van der Waals surface area contributed by atoms with Crippen LogP contribution in [0.25, 0.3) is 33.5 Å². The van der Waals surface area contributed by atoms with E-state index in [1.165, 1.54) is 35.8 Å². The summed E-state index contributed by atoms with van der Waals surface area (Å²) >= 11 is 2.85. The largest absolute Gasteiger partial charge is 0.464 e. The Hall–Kier alpha value is -3.84. The van der Waals surface area contributed by atoms with Crippen LogP contribution in [0.2, 0.25) is 0 Å². The second-order valence-electron chi connectivity index (χ2n) is 9.97. The Bertz CT molecular complexity index is 1590. The fraction of sp³-hybridized carbons (Fsp3) is 0.385. The van der Waals surface area contributed by atoms with Crippen molar-refractivity contribution in [1.82, 2.24) is 24.8 Å². The van der Waals surface area contributed by atoms with Gasteiger partial charge in [-0.05, 0) is 46.6 Å². The standard InChI is InChI=1S/C26H27N5O6S2/c1-13-19(24(33)35-5)30-21(36-13)14-8-9-18(32)29-20(14)15-11-38-22(27-15)16-12-39-23(28-16)17-7-6-10-31(17)25(34)37-26(2,3)4/h8-9,11-12,17H,6-7,10H2,1-5H3,(H,29,32)/t17-/m0/s1. The molecule has 4 aromatic heterocycles. The minimum absolute atomic E-state index is 0.0611. The predicted molar refractivity (Wildman–Crippen MR) is 146 cm³/mol. The van der Waals surface area contributed by atoms with Gasteiger partial charge in [-0.25, -0.2) is 24.5 Å². The summed E-state index contributed by atoms with van der Waals surface area (Å²) in [7, 11) is 1.27. The summed E-state index contributed by atoms with van der Waals surface area (Å²) in [5.41, 5.74) is 1.24. The molecule has 0 aliphatic carbocycles. The number of amides is 1. The van der Waals surface area contributed by atoms with Crippen molar-refractivity contribution in [3.63, 3.8) is 0 Å². The van der Waals surface area contributed by atoms with Gasteiger partial charge in [0, 0.05) is 23.4 Å². The number of aromatic nitrogens is 4. The SMILES string of the molecule is COC(=O)c1nc(-c2ccc(=O)[nH]c2-c2csc(-c3csc([C@@H]4CCCN4C(=O)OC(C)(C)C)n3)n2)oc1C. The van der Waals surface area contributed by atoms with E-state index in [1.54, 1.807) is 17.9 Å². The van der Waals surface area contributed by atoms with Crippen LogP contribution in [0.5, 0.6) is 0 Å². The lowest BCUT2D eigenvalue weighted by atomic mass is 10.1. The van der Waals surface area contributed by atoms with Gasteiger partial charge in [-0.15, -0.1) is 22.7 Å². The molecular weight excluding hydrogens is 542 g/mol. The number of nitrogens with zero attached hydrogens (tertiary/aromatic N) is 4. The number of hydrogen-bond acceptors (Lipinski definition) is 11. The molecule has 0 unspecified atom stereocenters. The van der Waals surface area contributed by atoms with E-state index in [0.29, 0.717) is 40.0 Å². The van der Waals surface area contributed by atoms with E-state index >= 15 is 0 Å². The molecule has 1 aliphatic heterocycles. The van der Waals surface area contributed by atoms with Crippen molar-refractivity contribution in [2.24, 2.45) is 0 Å². The van der Waals surface area contributed by atoms with Gasteiger partial charge in [0.1, 0.15) is 27.1 Å². The van der Waals surface area contributed by atoms with Crippen molar-refractivity contribution in [2.45, 2.75) is 52.2 Å². The van der Waals surface area contributed by atoms with Gasteiger partial charge in [-0.2, -0.15) is 0 Å². The number of H-pyrrole nitrogens is 1. The Morgan fingerprint density at radius 2 is 1.90 bits per heavy atom. The Labute approximate surface area is 231 Å². The third-order valence-electron chi connectivity index (χ3n) is 5.99. The molecule has 0 radical (unpaired) electrons. The topological polar surface area (TPSA) is 141 Å². The molecule has 1 saturated heterocycles. The number of hydrogen-bond donors (Lipinski definition) is 1. The van der Waals surface area contributed by atoms with Crippen molar-refractivity contribution >= 4 is 34.7 Å². The van der Waals surface area contributed by atoms with Crippen LogP contribution in [-0.4, -0.2) is 56.2 Å². The molecule has 4 aromatic rings. The van der Waals surface area contributed by atoms with E-state index < -0.39 is 11.6 Å². The third-order valence-corrected chi connectivity index (χ3v) is 7.80. The molecule has 1 fully saturated rings. The van der Waals surface area contributed by atoms with Gasteiger partial charge < -0.3 is 18.9 Å². The molecule has 0 aromatic carbocycles. The molecule has 0 saturated carbocycles. The first-order valence-electron chi connectivity index (χ1n) is 12.2. The Balaban J connectivity index is 1.43. The number of likely N-dealkylation sites (tertiary alicyclic amines) is 1. The van der Waals surface area contributed by atoms with Gasteiger partial charge in [-0.3, -0.25) is 9.69 Å². The van der Waals surface area contributed by atoms with Crippen molar-refractivity contribution < 1.29 is 23.5 Å². The molecule has 39 heavy (non-hydrogen) atoms. The van der Waals surface area contributed by atoms with Crippen molar-refractivity contribution in [2.75, 3.05) is 13.7 Å². The summed E-state index contributed by atoms with van der Waals surface area (Å²) in [5.74, 6) is -0.153. The van der Waals surface area contributed by atoms with Crippen LogP contribution in [0.15, 0.2) is 32.1 Å². The number of aromatic amines is 1. The van der Waals surface area contributed by atoms with Crippen LogP contribution in [-0.2, 0) is 9.47 Å². The maximum Gasteiger partial charge on any atom is 0.410 e. The van der Waals surface area contributed by atoms with Crippen LogP contribution in [0, 0.1) is 6.92 Å². The minimum atomic E-state index is -0.615. The average Bonchev–Trinajstić information content (AvgIpc) is 3.68. The second-order valence-corrected chi connectivity index (χ2v) is 11.7. The van der Waals surface area contributed by atoms with E-state index in [9.17, 15) is 14.4 Å². The highest BCUT2D eigenvalue weighted by Crippen LogP contribution is 2.38. The molecule has 13 heteroatoms. The minimum Gasteiger partial charge on any atom is -0.464 e. The number of thiazole rings is 2. The number of methoxy groups -OCH3 is 1. The second kappa shape index (κ2) is 10.4. The molecule has 204 valence electrons. The third kappa shape index (κ3) is 5.50. The monoisotopic (exact) mass is 569 g/mol. The zero-order valence-electron chi connectivity index (χ0n) is 22.1. The number of carbonyl (C=O) groups excluding carboxylic acids is 2. The molecule has 5 rings (SSSR count). The molecule has 1 atom stereocenters. The average molecular weight is 570 g/mol. The van der Waals surface area contributed by atoms with Gasteiger partial charge in [0.2, 0.25) is 11.4 Å². The maximum absolute atomic E-state index is 12.7. The van der Waals surface area contributed by atoms with Crippen LogP contribution in [0.3, 0.4) is 0 Å². The van der Waals surface area contributed by atoms with Crippen LogP contribution in [0.1, 0.15) is 60.9 Å². The fourth-order valence-corrected chi connectivity index (χ4v) is 6.05. The number of esters is 1. The maximum atomic E-state index is 12.7. The predicted octanol–water partition coefficient (Wildman–Crippen LogP) is 5.44. The number of carbonyl (C=O) groups is 2. The molecule has 1 aliphatic rings. The summed E-state index contributed by atoms with van der Waals surface area (Å²) in [5, 5.41) is 5.20. The first-order chi connectivity index (χ1) is 18.5. The highest BCUT2D eigenvalue weighted by atomic mass is 32.1. The quantitative estimate of drug-likeness (QED) is 0.311. The van der Waals surface area contributed by atoms with Gasteiger partial charge >= 0.3 is 12.1 Å². The van der Waals surface area contributed by atoms with E-state index in [0.717, 1.165) is 17.8 Å². The lowest BCUT2D eigenvalue weighted by Gasteiger charge is -2.27. The summed E-state index contributed by atoms with van der Waals surface area (Å²) < 4.78 is 16.1. The number of nitrogens with one attached hydrogen (secondary N) is 1. The number of ether oxygens (including phenoxy) is 2. The lowest BCUT2D eigenvalue weighted by Crippen LogP contribution is -2.36. The van der Waals surface area contributed by atoms with Crippen molar-refractivity contribution in [3.05, 3.63) is 49.7 Å². The fourth-order valence-electron chi connectivity index (χ4n) is 4.26. The molecular formula is C26H27N5O6S2. The summed E-state index contributed by atoms with van der Waals surface area (Å²) in [4.78, 5) is 55.3. The van der Waals surface area contributed by atoms with Crippen molar-refractivity contribution in [1.29, 1.82) is 0 Å². The smallest absolute Gasteiger partial charge is 0.410 e. The van der Waals surface area contributed by atoms with E-state index in [1.807, 2.05) is 31.5 Å². The summed E-state index contributed by atoms with van der Waals surface area (Å²) in [6.07, 6.45) is 1.35. The Morgan fingerprint density at radius 1 is 1.13 bits per heavy atom. The molecule has 0 spiro atoms. The Morgan fingerprint density at radius 3 is 2.64 bits per heavy atom. The lowest BCUT2D eigenvalue weighted by molar-refractivity contribution is 0.0224. The normalized spacial score (nSPS) is 15.5. The summed E-state index contributed by atoms with van der Waals surface area (Å²) in [6.45, 7) is 7.79. The molecule has 11 nitrogen and oxygen atoms in total. The van der Waals surface area contributed by atoms with Gasteiger partial charge in [0.05, 0.1) is 30.1 Å². The van der Waals surface area contributed by atoms with E-state index in [-0.39, 0.29) is 29.3 Å². The molecule has 1 N–H and O–H groups in total. The number of oxazole rings is 1. The van der Waals surface area contributed by atoms with Crippen LogP contribution >= 0.6 is 22.7 Å². The number of pyridine rings is 1. The molecule has 1 amide bonds. The highest BCUT2D eigenvalue weighted by molar-refractivity contribution is 7.14. The number of aryl methyl sites for hydroxylation is 1. The first kappa shape index (κ1) is 26.8. The zero-order chi connectivity index (χ0) is 27.9. The Kier molecular flexibility index (Phi) is 7.12. The van der Waals surface area contributed by atoms with E-state index in [2.05, 4.69) is 9.97 Å². The summed E-state index contributed by atoms with van der Waals surface area (Å²) in [6, 6.07) is 2.78. The van der Waals surface area contributed by atoms with E-state index in [4.69, 9.17) is 23.9 Å². The van der Waals surface area contributed by atoms with Gasteiger partial charge in [-0.1, -0.05) is 0 Å². The zero-order valence-corrected chi connectivity index (χ0v) is 23.7. The molecule has 0 bridgehead atoms. The van der Waals surface area contributed by atoms with Gasteiger partial charge in [0.15, 0.2) is 5.69 Å². The number of rotatable bonds is 5. The van der Waals surface area contributed by atoms with Gasteiger partial charge in [0.25, 0.3) is 0 Å².